The lowest BCUT2D eigenvalue weighted by Gasteiger charge is -2.27. The van der Waals surface area contributed by atoms with Crippen LogP contribution >= 0.6 is 15.9 Å². The zero-order chi connectivity index (χ0) is 21.4. The molecule has 0 saturated carbocycles. The van der Waals surface area contributed by atoms with Crippen LogP contribution in [0.25, 0.3) is 21.8 Å². The molecular formula is C23H23BrN4O2. The predicted octanol–water partition coefficient (Wildman–Crippen LogP) is 4.39. The van der Waals surface area contributed by atoms with Crippen LogP contribution in [0.1, 0.15) is 25.4 Å². The van der Waals surface area contributed by atoms with Crippen LogP contribution in [0.3, 0.4) is 0 Å². The first-order valence-electron chi connectivity index (χ1n) is 9.87. The number of rotatable bonds is 5. The number of hydrogen-bond donors (Lipinski definition) is 1. The van der Waals surface area contributed by atoms with E-state index in [1.54, 1.807) is 11.0 Å². The molecule has 0 saturated heterocycles. The molecule has 0 atom stereocenters. The van der Waals surface area contributed by atoms with Crippen molar-refractivity contribution in [3.8, 4) is 0 Å². The third-order valence-electron chi connectivity index (χ3n) is 5.37. The quantitative estimate of drug-likeness (QED) is 0.474. The maximum atomic E-state index is 13.3. The molecule has 0 aliphatic heterocycles. The van der Waals surface area contributed by atoms with Crippen LogP contribution in [0, 0.1) is 6.92 Å². The van der Waals surface area contributed by atoms with Gasteiger partial charge in [0.15, 0.2) is 0 Å². The van der Waals surface area contributed by atoms with Crippen LogP contribution in [0.5, 0.6) is 0 Å². The molecule has 1 amide bonds. The molecular weight excluding hydrogens is 444 g/mol. The summed E-state index contributed by atoms with van der Waals surface area (Å²) in [6, 6.07) is 15.2. The number of nitrogens with one attached hydrogen (secondary N) is 1. The van der Waals surface area contributed by atoms with Gasteiger partial charge in [-0.15, -0.1) is 0 Å². The first-order valence-corrected chi connectivity index (χ1v) is 10.7. The third kappa shape index (κ3) is 3.65. The standard InChI is InChI=1S/C23H23BrN4O2/c1-14(2)27(12-20-25-18-10-6-4-8-16(18)23(30)26-20)21(29)13-28-15(3)22(24)17-9-5-7-11-19(17)28/h4-11,14H,12-13H2,1-3H3,(H,25,26,30). The van der Waals surface area contributed by atoms with E-state index >= 15 is 0 Å². The number of aromatic nitrogens is 3. The van der Waals surface area contributed by atoms with Gasteiger partial charge in [0.05, 0.1) is 17.4 Å². The SMILES string of the molecule is Cc1c(Br)c2ccccc2n1CC(=O)N(Cc1nc2ccccc2c(=O)[nH]1)C(C)C. The fourth-order valence-electron chi connectivity index (χ4n) is 3.75. The van der Waals surface area contributed by atoms with Gasteiger partial charge in [0.25, 0.3) is 5.56 Å². The lowest BCUT2D eigenvalue weighted by molar-refractivity contribution is -0.134. The van der Waals surface area contributed by atoms with Crippen LogP contribution < -0.4 is 5.56 Å². The number of amides is 1. The minimum absolute atomic E-state index is 0.0304. The fourth-order valence-corrected chi connectivity index (χ4v) is 4.30. The van der Waals surface area contributed by atoms with E-state index in [1.165, 1.54) is 0 Å². The molecule has 0 fully saturated rings. The molecule has 30 heavy (non-hydrogen) atoms. The highest BCUT2D eigenvalue weighted by molar-refractivity contribution is 9.10. The molecule has 0 aliphatic rings. The number of benzene rings is 2. The van der Waals surface area contributed by atoms with Gasteiger partial charge in [-0.1, -0.05) is 30.3 Å². The van der Waals surface area contributed by atoms with Gasteiger partial charge in [-0.05, 0) is 54.9 Å². The first-order chi connectivity index (χ1) is 14.4. The largest absolute Gasteiger partial charge is 0.334 e. The van der Waals surface area contributed by atoms with Crippen molar-refractivity contribution in [3.05, 3.63) is 74.9 Å². The van der Waals surface area contributed by atoms with Crippen molar-refractivity contribution >= 4 is 43.6 Å². The van der Waals surface area contributed by atoms with E-state index in [4.69, 9.17) is 0 Å². The van der Waals surface area contributed by atoms with Gasteiger partial charge in [-0.25, -0.2) is 4.98 Å². The second-order valence-electron chi connectivity index (χ2n) is 7.65. The fraction of sp³-hybridized carbons (Fsp3) is 0.261. The smallest absolute Gasteiger partial charge is 0.258 e. The summed E-state index contributed by atoms with van der Waals surface area (Å²) in [7, 11) is 0. The Morgan fingerprint density at radius 1 is 1.13 bits per heavy atom. The van der Waals surface area contributed by atoms with Gasteiger partial charge >= 0.3 is 0 Å². The van der Waals surface area contributed by atoms with Gasteiger partial charge in [0.1, 0.15) is 12.4 Å². The first kappa shape index (κ1) is 20.3. The monoisotopic (exact) mass is 466 g/mol. The molecule has 2 aromatic heterocycles. The van der Waals surface area contributed by atoms with E-state index < -0.39 is 0 Å². The van der Waals surface area contributed by atoms with Gasteiger partial charge in [0.2, 0.25) is 5.91 Å². The Morgan fingerprint density at radius 2 is 1.80 bits per heavy atom. The van der Waals surface area contributed by atoms with E-state index in [9.17, 15) is 9.59 Å². The zero-order valence-corrected chi connectivity index (χ0v) is 18.7. The number of H-pyrrole nitrogens is 1. The number of carbonyl (C=O) groups excluding carboxylic acids is 1. The van der Waals surface area contributed by atoms with Crippen LogP contribution in [0.4, 0.5) is 0 Å². The topological polar surface area (TPSA) is 71.0 Å². The summed E-state index contributed by atoms with van der Waals surface area (Å²) < 4.78 is 3.02. The van der Waals surface area contributed by atoms with Crippen molar-refractivity contribution < 1.29 is 4.79 Å². The van der Waals surface area contributed by atoms with E-state index in [1.807, 2.05) is 67.8 Å². The van der Waals surface area contributed by atoms with Crippen LogP contribution in [0.2, 0.25) is 0 Å². The average molecular weight is 467 g/mol. The van der Waals surface area contributed by atoms with Crippen molar-refractivity contribution in [3.63, 3.8) is 0 Å². The Kier molecular flexibility index (Phi) is 5.47. The molecule has 2 aromatic carbocycles. The molecule has 0 spiro atoms. The summed E-state index contributed by atoms with van der Waals surface area (Å²) in [6.07, 6.45) is 0. The Balaban J connectivity index is 1.65. The molecule has 4 aromatic rings. The van der Waals surface area contributed by atoms with Gasteiger partial charge in [0, 0.05) is 27.1 Å². The highest BCUT2D eigenvalue weighted by atomic mass is 79.9. The zero-order valence-electron chi connectivity index (χ0n) is 17.1. The van der Waals surface area contributed by atoms with E-state index in [0.717, 1.165) is 21.1 Å². The number of fused-ring (bicyclic) bond motifs is 2. The predicted molar refractivity (Wildman–Crippen MR) is 122 cm³/mol. The Morgan fingerprint density at radius 3 is 2.53 bits per heavy atom. The summed E-state index contributed by atoms with van der Waals surface area (Å²) >= 11 is 3.65. The van der Waals surface area contributed by atoms with Crippen molar-refractivity contribution in [1.82, 2.24) is 19.4 Å². The Bertz CT molecular complexity index is 1310. The summed E-state index contributed by atoms with van der Waals surface area (Å²) in [6.45, 7) is 6.39. The molecule has 0 bridgehead atoms. The summed E-state index contributed by atoms with van der Waals surface area (Å²) in [5, 5.41) is 1.63. The molecule has 2 heterocycles. The van der Waals surface area contributed by atoms with E-state index in [-0.39, 0.29) is 30.6 Å². The third-order valence-corrected chi connectivity index (χ3v) is 6.37. The van der Waals surface area contributed by atoms with Crippen molar-refractivity contribution in [2.75, 3.05) is 0 Å². The molecule has 6 nitrogen and oxygen atoms in total. The maximum absolute atomic E-state index is 13.3. The lowest BCUT2D eigenvalue weighted by atomic mass is 10.2. The number of aromatic amines is 1. The molecule has 4 rings (SSSR count). The average Bonchev–Trinajstić information content (AvgIpc) is 2.97. The normalized spacial score (nSPS) is 11.5. The second kappa shape index (κ2) is 8.07. The highest BCUT2D eigenvalue weighted by Gasteiger charge is 2.22. The molecule has 0 aliphatic carbocycles. The van der Waals surface area contributed by atoms with E-state index in [2.05, 4.69) is 25.9 Å². The summed E-state index contributed by atoms with van der Waals surface area (Å²) in [5.74, 6) is 0.452. The number of hydrogen-bond acceptors (Lipinski definition) is 3. The molecule has 1 N–H and O–H groups in total. The molecule has 0 radical (unpaired) electrons. The number of nitrogens with zero attached hydrogens (tertiary/aromatic N) is 3. The minimum Gasteiger partial charge on any atom is -0.334 e. The summed E-state index contributed by atoms with van der Waals surface area (Å²) in [4.78, 5) is 34.8. The molecule has 7 heteroatoms. The van der Waals surface area contributed by atoms with Crippen molar-refractivity contribution in [1.29, 1.82) is 0 Å². The van der Waals surface area contributed by atoms with Crippen LogP contribution in [0.15, 0.2) is 57.8 Å². The number of carbonyl (C=O) groups is 1. The van der Waals surface area contributed by atoms with Crippen molar-refractivity contribution in [2.24, 2.45) is 0 Å². The second-order valence-corrected chi connectivity index (χ2v) is 8.44. The van der Waals surface area contributed by atoms with Gasteiger partial charge < -0.3 is 14.5 Å². The van der Waals surface area contributed by atoms with E-state index in [0.29, 0.717) is 16.7 Å². The van der Waals surface area contributed by atoms with Crippen molar-refractivity contribution in [2.45, 2.75) is 39.9 Å². The minimum atomic E-state index is -0.192. The molecule has 0 unspecified atom stereocenters. The van der Waals surface area contributed by atoms with Gasteiger partial charge in [-0.3, -0.25) is 9.59 Å². The highest BCUT2D eigenvalue weighted by Crippen LogP contribution is 2.30. The number of para-hydroxylation sites is 2. The van der Waals surface area contributed by atoms with Crippen LogP contribution in [-0.2, 0) is 17.9 Å². The Hall–Kier alpha value is -2.93. The number of halogens is 1. The Labute approximate surface area is 182 Å². The van der Waals surface area contributed by atoms with Gasteiger partial charge in [-0.2, -0.15) is 0 Å². The van der Waals surface area contributed by atoms with Crippen LogP contribution in [-0.4, -0.2) is 31.4 Å². The lowest BCUT2D eigenvalue weighted by Crippen LogP contribution is -2.39. The maximum Gasteiger partial charge on any atom is 0.258 e. The summed E-state index contributed by atoms with van der Waals surface area (Å²) in [5.41, 5.74) is 2.45. The molecule has 154 valence electrons.